The molecule has 2 amide bonds. The Morgan fingerprint density at radius 3 is 2.21 bits per heavy atom. The summed E-state index contributed by atoms with van der Waals surface area (Å²) in [5, 5.41) is 3.01. The Morgan fingerprint density at radius 1 is 0.857 bits per heavy atom. The smallest absolute Gasteiger partial charge is 0.258 e. The van der Waals surface area contributed by atoms with Gasteiger partial charge in [-0.1, -0.05) is 60.7 Å². The molecule has 0 saturated carbocycles. The van der Waals surface area contributed by atoms with Gasteiger partial charge in [0.25, 0.3) is 5.91 Å². The largest absolute Gasteiger partial charge is 0.325 e. The highest BCUT2D eigenvalue weighted by Gasteiger charge is 2.36. The minimum Gasteiger partial charge on any atom is -0.325 e. The van der Waals surface area contributed by atoms with Gasteiger partial charge in [-0.15, -0.1) is 0 Å². The topological polar surface area (TPSA) is 68.2 Å². The van der Waals surface area contributed by atoms with Crippen molar-refractivity contribution in [3.8, 4) is 0 Å². The molecule has 0 aliphatic carbocycles. The SMILES string of the molecule is CN1CCN(Cc2ccc(N=C(c3ccccc3)C3C(=O)Nc4ccc(C(=O)N(C)c5ccccc5)cc43)cc2)CC1. The number of hydrogen-bond acceptors (Lipinski definition) is 5. The molecule has 1 saturated heterocycles. The van der Waals surface area contributed by atoms with Crippen LogP contribution >= 0.6 is 0 Å². The molecule has 212 valence electrons. The number of likely N-dealkylation sites (N-methyl/N-ethyl adjacent to an activating group) is 1. The van der Waals surface area contributed by atoms with Crippen LogP contribution in [0.1, 0.15) is 33.0 Å². The van der Waals surface area contributed by atoms with Crippen molar-refractivity contribution in [3.63, 3.8) is 0 Å². The van der Waals surface area contributed by atoms with Crippen molar-refractivity contribution in [2.75, 3.05) is 50.5 Å². The Balaban J connectivity index is 1.31. The van der Waals surface area contributed by atoms with Crippen molar-refractivity contribution in [1.29, 1.82) is 0 Å². The number of benzene rings is 4. The van der Waals surface area contributed by atoms with Gasteiger partial charge in [-0.25, -0.2) is 0 Å². The van der Waals surface area contributed by atoms with E-state index >= 15 is 0 Å². The molecule has 0 radical (unpaired) electrons. The molecule has 7 heteroatoms. The molecule has 1 N–H and O–H groups in total. The molecule has 2 aliphatic heterocycles. The molecule has 6 rings (SSSR count). The Bertz CT molecular complexity index is 1590. The molecule has 1 unspecified atom stereocenters. The number of carbonyl (C=O) groups is 2. The maximum absolute atomic E-state index is 13.5. The normalized spacial score (nSPS) is 17.5. The van der Waals surface area contributed by atoms with Gasteiger partial charge in [-0.2, -0.15) is 0 Å². The highest BCUT2D eigenvalue weighted by molar-refractivity contribution is 6.24. The lowest BCUT2D eigenvalue weighted by atomic mass is 9.89. The fourth-order valence-electron chi connectivity index (χ4n) is 5.61. The Labute approximate surface area is 247 Å². The van der Waals surface area contributed by atoms with E-state index in [0.29, 0.717) is 17.0 Å². The van der Waals surface area contributed by atoms with Gasteiger partial charge in [0.1, 0.15) is 5.92 Å². The van der Waals surface area contributed by atoms with E-state index in [2.05, 4.69) is 34.3 Å². The molecular weight excluding hydrogens is 522 g/mol. The minimum absolute atomic E-state index is 0.142. The second kappa shape index (κ2) is 12.1. The van der Waals surface area contributed by atoms with Crippen molar-refractivity contribution >= 4 is 34.6 Å². The van der Waals surface area contributed by atoms with Crippen LogP contribution in [0.2, 0.25) is 0 Å². The van der Waals surface area contributed by atoms with Crippen LogP contribution in [0.3, 0.4) is 0 Å². The summed E-state index contributed by atoms with van der Waals surface area (Å²) in [6, 6.07) is 33.0. The van der Waals surface area contributed by atoms with E-state index in [1.807, 2.05) is 84.9 Å². The molecule has 0 bridgehead atoms. The average Bonchev–Trinajstić information content (AvgIpc) is 3.36. The van der Waals surface area contributed by atoms with Crippen LogP contribution in [0.4, 0.5) is 17.1 Å². The molecule has 0 spiro atoms. The van der Waals surface area contributed by atoms with Crippen molar-refractivity contribution in [3.05, 3.63) is 125 Å². The number of anilines is 2. The monoisotopic (exact) mass is 557 g/mol. The lowest BCUT2D eigenvalue weighted by Gasteiger charge is -2.32. The lowest BCUT2D eigenvalue weighted by molar-refractivity contribution is -0.115. The first-order valence-electron chi connectivity index (χ1n) is 14.4. The number of piperazine rings is 1. The highest BCUT2D eigenvalue weighted by atomic mass is 16.2. The number of amides is 2. The van der Waals surface area contributed by atoms with E-state index in [9.17, 15) is 9.59 Å². The Hall–Kier alpha value is -4.59. The first-order chi connectivity index (χ1) is 20.5. The summed E-state index contributed by atoms with van der Waals surface area (Å²) in [7, 11) is 3.93. The van der Waals surface area contributed by atoms with Crippen molar-refractivity contribution in [1.82, 2.24) is 9.80 Å². The van der Waals surface area contributed by atoms with Crippen molar-refractivity contribution < 1.29 is 9.59 Å². The zero-order valence-electron chi connectivity index (χ0n) is 24.0. The van der Waals surface area contributed by atoms with Crippen molar-refractivity contribution in [2.24, 2.45) is 4.99 Å². The summed E-state index contributed by atoms with van der Waals surface area (Å²) >= 11 is 0. The summed E-state index contributed by atoms with van der Waals surface area (Å²) in [5.74, 6) is -0.946. The van der Waals surface area contributed by atoms with Crippen molar-refractivity contribution in [2.45, 2.75) is 12.5 Å². The summed E-state index contributed by atoms with van der Waals surface area (Å²) in [6.45, 7) is 5.22. The van der Waals surface area contributed by atoms with Crippen LogP contribution in [0.15, 0.2) is 108 Å². The third kappa shape index (κ3) is 5.88. The maximum atomic E-state index is 13.5. The average molecular weight is 558 g/mol. The summed E-state index contributed by atoms with van der Waals surface area (Å²) in [6.07, 6.45) is 0. The standard InChI is InChI=1S/C35H35N5O2/c1-38-19-21-40(22-20-38)24-25-13-16-28(17-14-25)36-33(26-9-5-3-6-10-26)32-30-23-27(15-18-31(30)37-34(32)41)35(42)39(2)29-11-7-4-8-12-29/h3-18,23,32H,19-22,24H2,1-2H3,(H,37,41). The van der Waals surface area contributed by atoms with Gasteiger partial charge in [0.2, 0.25) is 5.91 Å². The third-order valence-electron chi connectivity index (χ3n) is 8.11. The Kier molecular flexibility index (Phi) is 7.95. The van der Waals surface area contributed by atoms with Crippen LogP contribution in [0.25, 0.3) is 0 Å². The van der Waals surface area contributed by atoms with Crippen LogP contribution in [-0.4, -0.2) is 67.6 Å². The number of carbonyl (C=O) groups excluding carboxylic acids is 2. The fraction of sp³-hybridized carbons (Fsp3) is 0.229. The lowest BCUT2D eigenvalue weighted by Crippen LogP contribution is -2.43. The summed E-state index contributed by atoms with van der Waals surface area (Å²) < 4.78 is 0. The number of aliphatic imine (C=N–C) groups is 1. The molecule has 42 heavy (non-hydrogen) atoms. The summed E-state index contributed by atoms with van der Waals surface area (Å²) in [4.78, 5) is 38.4. The number of nitrogens with zero attached hydrogens (tertiary/aromatic N) is 4. The quantitative estimate of drug-likeness (QED) is 0.302. The molecule has 4 aromatic rings. The molecule has 7 nitrogen and oxygen atoms in total. The molecule has 2 heterocycles. The van der Waals surface area contributed by atoms with Gasteiger partial charge in [-0.3, -0.25) is 19.5 Å². The first kappa shape index (κ1) is 27.6. The first-order valence-corrected chi connectivity index (χ1v) is 14.4. The second-order valence-corrected chi connectivity index (χ2v) is 11.0. The molecular formula is C35H35N5O2. The zero-order valence-corrected chi connectivity index (χ0v) is 24.0. The van der Waals surface area contributed by atoms with E-state index in [1.54, 1.807) is 18.0 Å². The number of rotatable bonds is 7. The van der Waals surface area contributed by atoms with Gasteiger partial charge in [-0.05, 0) is 66.2 Å². The maximum Gasteiger partial charge on any atom is 0.258 e. The molecule has 4 aromatic carbocycles. The van der Waals surface area contributed by atoms with Crippen LogP contribution < -0.4 is 10.2 Å². The van der Waals surface area contributed by atoms with E-state index in [0.717, 1.165) is 55.2 Å². The predicted molar refractivity (Wildman–Crippen MR) is 169 cm³/mol. The molecule has 2 aliphatic rings. The molecule has 1 atom stereocenters. The number of para-hydroxylation sites is 1. The number of fused-ring (bicyclic) bond motifs is 1. The summed E-state index contributed by atoms with van der Waals surface area (Å²) in [5.41, 5.74) is 6.32. The van der Waals surface area contributed by atoms with Crippen LogP contribution in [-0.2, 0) is 11.3 Å². The van der Waals surface area contributed by atoms with Gasteiger partial charge in [0, 0.05) is 56.7 Å². The van der Waals surface area contributed by atoms with E-state index in [1.165, 1.54) is 5.56 Å². The van der Waals surface area contributed by atoms with E-state index in [4.69, 9.17) is 4.99 Å². The highest BCUT2D eigenvalue weighted by Crippen LogP contribution is 2.37. The minimum atomic E-state index is -0.651. The predicted octanol–water partition coefficient (Wildman–Crippen LogP) is 5.57. The van der Waals surface area contributed by atoms with Crippen LogP contribution in [0, 0.1) is 0 Å². The molecule has 1 fully saturated rings. The zero-order chi connectivity index (χ0) is 29.1. The number of nitrogens with one attached hydrogen (secondary N) is 1. The second-order valence-electron chi connectivity index (χ2n) is 11.0. The van der Waals surface area contributed by atoms with Gasteiger partial charge >= 0.3 is 0 Å². The van der Waals surface area contributed by atoms with E-state index < -0.39 is 5.92 Å². The molecule has 0 aromatic heterocycles. The van der Waals surface area contributed by atoms with E-state index in [-0.39, 0.29) is 11.8 Å². The fourth-order valence-corrected chi connectivity index (χ4v) is 5.61. The Morgan fingerprint density at radius 2 is 1.52 bits per heavy atom. The number of hydrogen-bond donors (Lipinski definition) is 1. The van der Waals surface area contributed by atoms with Gasteiger partial charge in [0.15, 0.2) is 0 Å². The van der Waals surface area contributed by atoms with Gasteiger partial charge < -0.3 is 15.1 Å². The van der Waals surface area contributed by atoms with Crippen LogP contribution in [0.5, 0.6) is 0 Å². The van der Waals surface area contributed by atoms with Gasteiger partial charge in [0.05, 0.1) is 11.4 Å². The third-order valence-corrected chi connectivity index (χ3v) is 8.11.